The minimum Gasteiger partial charge on any atom is -0.459 e. The van der Waals surface area contributed by atoms with Crippen molar-refractivity contribution in [2.24, 2.45) is 0 Å². The summed E-state index contributed by atoms with van der Waals surface area (Å²) in [4.78, 5) is 11.7. The second-order valence-corrected chi connectivity index (χ2v) is 7.38. The van der Waals surface area contributed by atoms with Crippen LogP contribution >= 0.6 is 11.8 Å². The highest BCUT2D eigenvalue weighted by Gasteiger charge is 2.22. The number of rotatable bonds is 8. The average Bonchev–Trinajstić information content (AvgIpc) is 2.18. The van der Waals surface area contributed by atoms with Gasteiger partial charge < -0.3 is 4.74 Å². The van der Waals surface area contributed by atoms with E-state index in [4.69, 9.17) is 4.74 Å². The highest BCUT2D eigenvalue weighted by molar-refractivity contribution is 8.00. The Bertz CT molecular complexity index is 270. The molecule has 5 heteroatoms. The molecule has 2 nitrogen and oxygen atoms in total. The number of halogens is 2. The van der Waals surface area contributed by atoms with E-state index in [0.29, 0.717) is 6.42 Å². The molecule has 0 aliphatic heterocycles. The molecule has 0 saturated heterocycles. The zero-order valence-corrected chi connectivity index (χ0v) is 13.4. The third-order valence-electron chi connectivity index (χ3n) is 2.37. The van der Waals surface area contributed by atoms with Crippen molar-refractivity contribution in [3.63, 3.8) is 0 Å². The van der Waals surface area contributed by atoms with Gasteiger partial charge in [-0.1, -0.05) is 6.42 Å². The number of ether oxygens (including phenoxy) is 1. The van der Waals surface area contributed by atoms with Crippen molar-refractivity contribution in [2.75, 3.05) is 5.75 Å². The Morgan fingerprint density at radius 3 is 2.21 bits per heavy atom. The second kappa shape index (κ2) is 8.08. The lowest BCUT2D eigenvalue weighted by molar-refractivity contribution is -0.153. The van der Waals surface area contributed by atoms with E-state index in [2.05, 4.69) is 0 Å². The zero-order valence-electron chi connectivity index (χ0n) is 12.6. The number of esters is 1. The van der Waals surface area contributed by atoms with Gasteiger partial charge in [0.2, 0.25) is 5.92 Å². The zero-order chi connectivity index (χ0) is 15.1. The van der Waals surface area contributed by atoms with Gasteiger partial charge in [0.15, 0.2) is 0 Å². The van der Waals surface area contributed by atoms with Crippen molar-refractivity contribution in [2.45, 2.75) is 77.1 Å². The summed E-state index contributed by atoms with van der Waals surface area (Å²) >= 11 is 1.52. The van der Waals surface area contributed by atoms with Crippen LogP contribution in [0.25, 0.3) is 0 Å². The van der Waals surface area contributed by atoms with Gasteiger partial charge in [-0.05, 0) is 53.2 Å². The van der Waals surface area contributed by atoms with Crippen LogP contribution in [0.2, 0.25) is 0 Å². The summed E-state index contributed by atoms with van der Waals surface area (Å²) in [6.07, 6.45) is 2.11. The summed E-state index contributed by atoms with van der Waals surface area (Å²) in [6, 6.07) is 0. The molecule has 0 radical (unpaired) electrons. The topological polar surface area (TPSA) is 26.3 Å². The lowest BCUT2D eigenvalue weighted by Crippen LogP contribution is -2.29. The molecule has 0 aliphatic carbocycles. The summed E-state index contributed by atoms with van der Waals surface area (Å²) in [6.45, 7) is 8.29. The molecular weight excluding hydrogens is 270 g/mol. The van der Waals surface area contributed by atoms with Gasteiger partial charge in [-0.25, -0.2) is 8.78 Å². The monoisotopic (exact) mass is 296 g/mol. The molecule has 0 aromatic carbocycles. The van der Waals surface area contributed by atoms with Crippen LogP contribution in [0.4, 0.5) is 8.78 Å². The molecule has 114 valence electrons. The van der Waals surface area contributed by atoms with Crippen LogP contribution in [0.5, 0.6) is 0 Å². The molecule has 0 amide bonds. The van der Waals surface area contributed by atoms with E-state index in [0.717, 1.165) is 25.5 Å². The van der Waals surface area contributed by atoms with Crippen LogP contribution in [-0.4, -0.2) is 28.5 Å². The fraction of sp³-hybridized carbons (Fsp3) is 0.929. The van der Waals surface area contributed by atoms with Gasteiger partial charge in [-0.15, -0.1) is 11.8 Å². The lowest BCUT2D eigenvalue weighted by Gasteiger charge is -2.22. The Morgan fingerprint density at radius 1 is 1.16 bits per heavy atom. The molecule has 0 N–H and O–H groups in total. The molecule has 0 saturated carbocycles. The summed E-state index contributed by atoms with van der Waals surface area (Å²) in [5.41, 5.74) is -0.460. The molecule has 0 rings (SSSR count). The van der Waals surface area contributed by atoms with Crippen molar-refractivity contribution in [3.8, 4) is 0 Å². The number of alkyl halides is 2. The Morgan fingerprint density at radius 2 is 1.74 bits per heavy atom. The highest BCUT2D eigenvalue weighted by Crippen LogP contribution is 2.22. The van der Waals surface area contributed by atoms with Crippen molar-refractivity contribution < 1.29 is 18.3 Å². The van der Waals surface area contributed by atoms with Gasteiger partial charge in [0.25, 0.3) is 0 Å². The molecule has 0 aliphatic rings. The van der Waals surface area contributed by atoms with E-state index in [-0.39, 0.29) is 17.6 Å². The molecule has 0 spiro atoms. The van der Waals surface area contributed by atoms with Crippen LogP contribution < -0.4 is 0 Å². The van der Waals surface area contributed by atoms with Crippen molar-refractivity contribution >= 4 is 17.7 Å². The fourth-order valence-electron chi connectivity index (χ4n) is 1.43. The lowest BCUT2D eigenvalue weighted by atomic mass is 10.1. The number of hydrogen-bond acceptors (Lipinski definition) is 3. The smallest absolute Gasteiger partial charge is 0.319 e. The Kier molecular flexibility index (Phi) is 7.94. The first kappa shape index (κ1) is 18.7. The Labute approximate surface area is 119 Å². The Hall–Kier alpha value is -0.320. The number of unbranched alkanes of at least 4 members (excludes halogenated alkanes) is 2. The van der Waals surface area contributed by atoms with Crippen LogP contribution in [0, 0.1) is 0 Å². The predicted molar refractivity (Wildman–Crippen MR) is 76.9 cm³/mol. The standard InChI is InChI=1S/C14H26F2O2S/c1-11(12(17)18-13(2,3)4)19-10-8-6-7-9-14(5,15)16/h11H,6-10H2,1-5H3. The van der Waals surface area contributed by atoms with Crippen LogP contribution in [0.1, 0.15) is 60.3 Å². The molecule has 0 heterocycles. The minimum atomic E-state index is -2.56. The molecule has 0 bridgehead atoms. The van der Waals surface area contributed by atoms with E-state index in [1.807, 2.05) is 27.7 Å². The van der Waals surface area contributed by atoms with Crippen LogP contribution in [0.15, 0.2) is 0 Å². The van der Waals surface area contributed by atoms with Gasteiger partial charge in [-0.2, -0.15) is 0 Å². The van der Waals surface area contributed by atoms with Crippen molar-refractivity contribution in [1.82, 2.24) is 0 Å². The van der Waals surface area contributed by atoms with Gasteiger partial charge >= 0.3 is 5.97 Å². The minimum absolute atomic E-state index is 0.0563. The third kappa shape index (κ3) is 12.5. The van der Waals surface area contributed by atoms with E-state index >= 15 is 0 Å². The van der Waals surface area contributed by atoms with Crippen molar-refractivity contribution in [1.29, 1.82) is 0 Å². The molecule has 1 atom stereocenters. The summed E-state index contributed by atoms with van der Waals surface area (Å²) in [5, 5.41) is -0.202. The fourth-order valence-corrected chi connectivity index (χ4v) is 2.34. The number of hydrogen-bond donors (Lipinski definition) is 0. The highest BCUT2D eigenvalue weighted by atomic mass is 32.2. The predicted octanol–water partition coefficient (Wildman–Crippen LogP) is 4.67. The average molecular weight is 296 g/mol. The Balaban J connectivity index is 3.64. The number of carbonyl (C=O) groups excluding carboxylic acids is 1. The maximum atomic E-state index is 12.6. The summed E-state index contributed by atoms with van der Waals surface area (Å²) in [5.74, 6) is -1.97. The quantitative estimate of drug-likeness (QED) is 0.481. The summed E-state index contributed by atoms with van der Waals surface area (Å²) in [7, 11) is 0. The van der Waals surface area contributed by atoms with Gasteiger partial charge in [0.05, 0.1) is 5.25 Å². The van der Waals surface area contributed by atoms with Crippen LogP contribution in [0.3, 0.4) is 0 Å². The maximum absolute atomic E-state index is 12.6. The first-order chi connectivity index (χ1) is 8.51. The number of thioether (sulfide) groups is 1. The maximum Gasteiger partial charge on any atom is 0.319 e. The van der Waals surface area contributed by atoms with Gasteiger partial charge in [0.1, 0.15) is 5.60 Å². The molecule has 19 heavy (non-hydrogen) atoms. The van der Waals surface area contributed by atoms with E-state index in [1.54, 1.807) is 0 Å². The molecule has 0 aromatic rings. The second-order valence-electron chi connectivity index (χ2n) is 5.93. The summed E-state index contributed by atoms with van der Waals surface area (Å²) < 4.78 is 30.4. The van der Waals surface area contributed by atoms with Gasteiger partial charge in [-0.3, -0.25) is 4.79 Å². The molecule has 1 unspecified atom stereocenters. The number of carbonyl (C=O) groups is 1. The van der Waals surface area contributed by atoms with Crippen molar-refractivity contribution in [3.05, 3.63) is 0 Å². The van der Waals surface area contributed by atoms with Crippen LogP contribution in [-0.2, 0) is 9.53 Å². The first-order valence-corrected chi connectivity index (χ1v) is 7.78. The van der Waals surface area contributed by atoms with E-state index in [9.17, 15) is 13.6 Å². The van der Waals surface area contributed by atoms with E-state index in [1.165, 1.54) is 11.8 Å². The molecule has 0 aromatic heterocycles. The van der Waals surface area contributed by atoms with Gasteiger partial charge in [0, 0.05) is 6.42 Å². The third-order valence-corrected chi connectivity index (χ3v) is 3.58. The SMILES string of the molecule is CC(SCCCCCC(C)(F)F)C(=O)OC(C)(C)C. The molecule has 0 fully saturated rings. The normalized spacial score (nSPS) is 14.3. The first-order valence-electron chi connectivity index (χ1n) is 6.73. The van der Waals surface area contributed by atoms with E-state index < -0.39 is 11.5 Å². The largest absolute Gasteiger partial charge is 0.459 e. The molecular formula is C14H26F2O2S.